The molecule has 2 aliphatic carbocycles. The first kappa shape index (κ1) is 17.7. The zero-order valence-corrected chi connectivity index (χ0v) is 13.4. The minimum Gasteiger partial charge on any atom is -0.393 e. The van der Waals surface area contributed by atoms with Crippen molar-refractivity contribution in [3.63, 3.8) is 0 Å². The van der Waals surface area contributed by atoms with Gasteiger partial charge in [-0.2, -0.15) is 0 Å². The minimum atomic E-state index is -0.272. The van der Waals surface area contributed by atoms with Crippen LogP contribution < -0.4 is 0 Å². The number of aliphatic hydroxyl groups is 3. The largest absolute Gasteiger partial charge is 0.393 e. The molecule has 0 spiro atoms. The lowest BCUT2D eigenvalue weighted by atomic mass is 9.79. The summed E-state index contributed by atoms with van der Waals surface area (Å²) in [7, 11) is 0. The van der Waals surface area contributed by atoms with Crippen molar-refractivity contribution in [3.05, 3.63) is 12.2 Å². The van der Waals surface area contributed by atoms with Gasteiger partial charge in [-0.1, -0.05) is 39.8 Å². The fourth-order valence-electron chi connectivity index (χ4n) is 3.05. The number of hydrogen-bond acceptors (Lipinski definition) is 3. The molecule has 0 radical (unpaired) electrons. The number of allylic oxidation sites excluding steroid dienone is 1. The van der Waals surface area contributed by atoms with Crippen LogP contribution in [0, 0.1) is 23.7 Å². The molecule has 1 fully saturated rings. The van der Waals surface area contributed by atoms with Crippen LogP contribution in [0.2, 0.25) is 0 Å². The third kappa shape index (κ3) is 5.94. The average molecular weight is 284 g/mol. The fourth-order valence-corrected chi connectivity index (χ4v) is 3.05. The van der Waals surface area contributed by atoms with E-state index in [9.17, 15) is 10.2 Å². The number of aliphatic hydroxyl groups excluding tert-OH is 3. The van der Waals surface area contributed by atoms with Crippen LogP contribution in [0.1, 0.15) is 53.4 Å². The van der Waals surface area contributed by atoms with Gasteiger partial charge in [-0.05, 0) is 49.4 Å². The average Bonchev–Trinajstić information content (AvgIpc) is 2.75. The zero-order chi connectivity index (χ0) is 15.3. The molecule has 3 N–H and O–H groups in total. The van der Waals surface area contributed by atoms with E-state index in [0.717, 1.165) is 19.3 Å². The van der Waals surface area contributed by atoms with E-state index in [1.807, 2.05) is 6.08 Å². The van der Waals surface area contributed by atoms with Crippen LogP contribution in [0.15, 0.2) is 12.2 Å². The van der Waals surface area contributed by atoms with Crippen LogP contribution in [-0.2, 0) is 0 Å². The van der Waals surface area contributed by atoms with E-state index in [1.165, 1.54) is 0 Å². The maximum atomic E-state index is 9.34. The summed E-state index contributed by atoms with van der Waals surface area (Å²) in [5.41, 5.74) is 0. The summed E-state index contributed by atoms with van der Waals surface area (Å²) in [5.74, 6) is 2.38. The summed E-state index contributed by atoms with van der Waals surface area (Å²) in [6.45, 7) is 8.67. The summed E-state index contributed by atoms with van der Waals surface area (Å²) in [6, 6.07) is 0. The Hall–Kier alpha value is -0.380. The molecular weight excluding hydrogens is 252 g/mol. The van der Waals surface area contributed by atoms with Gasteiger partial charge in [0.15, 0.2) is 0 Å². The Kier molecular flexibility index (Phi) is 7.21. The van der Waals surface area contributed by atoms with Crippen LogP contribution in [0.4, 0.5) is 0 Å². The molecule has 2 aliphatic rings. The summed E-state index contributed by atoms with van der Waals surface area (Å²) in [5, 5.41) is 27.7. The second kappa shape index (κ2) is 8.16. The van der Waals surface area contributed by atoms with Gasteiger partial charge >= 0.3 is 0 Å². The predicted molar refractivity (Wildman–Crippen MR) is 82.3 cm³/mol. The van der Waals surface area contributed by atoms with Crippen LogP contribution in [0.5, 0.6) is 0 Å². The van der Waals surface area contributed by atoms with Crippen LogP contribution >= 0.6 is 0 Å². The Morgan fingerprint density at radius 3 is 1.60 bits per heavy atom. The van der Waals surface area contributed by atoms with Crippen molar-refractivity contribution in [1.82, 2.24) is 0 Å². The highest BCUT2D eigenvalue weighted by atomic mass is 16.3. The van der Waals surface area contributed by atoms with Crippen molar-refractivity contribution < 1.29 is 15.3 Å². The van der Waals surface area contributed by atoms with Crippen molar-refractivity contribution in [2.45, 2.75) is 71.7 Å². The van der Waals surface area contributed by atoms with Gasteiger partial charge in [-0.25, -0.2) is 0 Å². The molecule has 2 rings (SSSR count). The molecule has 0 amide bonds. The first-order chi connectivity index (χ1) is 9.29. The lowest BCUT2D eigenvalue weighted by Gasteiger charge is -2.32. The third-order valence-corrected chi connectivity index (χ3v) is 4.59. The van der Waals surface area contributed by atoms with E-state index in [-0.39, 0.29) is 18.3 Å². The van der Waals surface area contributed by atoms with Gasteiger partial charge in [-0.3, -0.25) is 0 Å². The highest BCUT2D eigenvalue weighted by Gasteiger charge is 2.27. The van der Waals surface area contributed by atoms with Gasteiger partial charge in [0, 0.05) is 0 Å². The van der Waals surface area contributed by atoms with Gasteiger partial charge < -0.3 is 15.3 Å². The lowest BCUT2D eigenvalue weighted by molar-refractivity contribution is 0.00305. The van der Waals surface area contributed by atoms with E-state index in [2.05, 4.69) is 33.8 Å². The Balaban J connectivity index is 0.000000204. The van der Waals surface area contributed by atoms with Gasteiger partial charge in [0.2, 0.25) is 0 Å². The van der Waals surface area contributed by atoms with Gasteiger partial charge in [0.1, 0.15) is 0 Å². The van der Waals surface area contributed by atoms with Crippen molar-refractivity contribution in [3.8, 4) is 0 Å². The number of rotatable bonds is 2. The Labute approximate surface area is 123 Å². The predicted octanol–water partition coefficient (Wildman–Crippen LogP) is 2.74. The smallest absolute Gasteiger partial charge is 0.0726 e. The first-order valence-electron chi connectivity index (χ1n) is 8.02. The molecule has 1 saturated carbocycles. The molecule has 3 nitrogen and oxygen atoms in total. The monoisotopic (exact) mass is 284 g/mol. The van der Waals surface area contributed by atoms with E-state index in [1.54, 1.807) is 0 Å². The topological polar surface area (TPSA) is 60.7 Å². The van der Waals surface area contributed by atoms with E-state index < -0.39 is 0 Å². The quantitative estimate of drug-likeness (QED) is 0.683. The summed E-state index contributed by atoms with van der Waals surface area (Å²) in [4.78, 5) is 0. The minimum absolute atomic E-state index is 0.169. The standard InChI is InChI=1S/C9H18O2.C8H14O/c1-6(2)7-3-8(10)5-9(11)4-7;1-6(2)7-3-4-8(9)5-7/h6-11H,3-5H2,1-2H3;3-4,6-9H,5H2,1-2H3/t;7-,8-/m.1/s1. The molecule has 4 atom stereocenters. The molecule has 0 aromatic rings. The molecule has 0 aromatic carbocycles. The van der Waals surface area contributed by atoms with Crippen LogP contribution in [-0.4, -0.2) is 33.6 Å². The molecule has 0 saturated heterocycles. The highest BCUT2D eigenvalue weighted by molar-refractivity contribution is 5.03. The molecule has 118 valence electrons. The summed E-state index contributed by atoms with van der Waals surface area (Å²) >= 11 is 0. The van der Waals surface area contributed by atoms with Crippen molar-refractivity contribution in [1.29, 1.82) is 0 Å². The van der Waals surface area contributed by atoms with E-state index in [0.29, 0.717) is 30.1 Å². The second-order valence-corrected chi connectivity index (χ2v) is 7.11. The van der Waals surface area contributed by atoms with Gasteiger partial charge in [-0.15, -0.1) is 0 Å². The van der Waals surface area contributed by atoms with E-state index >= 15 is 0 Å². The van der Waals surface area contributed by atoms with Crippen molar-refractivity contribution in [2.75, 3.05) is 0 Å². The second-order valence-electron chi connectivity index (χ2n) is 7.11. The first-order valence-corrected chi connectivity index (χ1v) is 8.02. The molecular formula is C17H32O3. The SMILES string of the molecule is CC(C)C1CC(O)CC(O)C1.CC(C)[C@@H]1C=C[C@@H](O)C1. The lowest BCUT2D eigenvalue weighted by Crippen LogP contribution is -2.31. The molecule has 3 heteroatoms. The molecule has 0 aliphatic heterocycles. The number of hydrogen-bond donors (Lipinski definition) is 3. The summed E-state index contributed by atoms with van der Waals surface area (Å²) in [6.07, 6.45) is 6.54. The molecule has 20 heavy (non-hydrogen) atoms. The Morgan fingerprint density at radius 2 is 1.30 bits per heavy atom. The summed E-state index contributed by atoms with van der Waals surface area (Å²) < 4.78 is 0. The zero-order valence-electron chi connectivity index (χ0n) is 13.4. The van der Waals surface area contributed by atoms with Gasteiger partial charge in [0.05, 0.1) is 18.3 Å². The highest BCUT2D eigenvalue weighted by Crippen LogP contribution is 2.30. The molecule has 0 aromatic heterocycles. The molecule has 0 heterocycles. The van der Waals surface area contributed by atoms with Crippen molar-refractivity contribution in [2.24, 2.45) is 23.7 Å². The van der Waals surface area contributed by atoms with Crippen LogP contribution in [0.3, 0.4) is 0 Å². The molecule has 2 unspecified atom stereocenters. The van der Waals surface area contributed by atoms with Crippen molar-refractivity contribution >= 4 is 0 Å². The maximum Gasteiger partial charge on any atom is 0.0726 e. The molecule has 0 bridgehead atoms. The van der Waals surface area contributed by atoms with Crippen LogP contribution in [0.25, 0.3) is 0 Å². The third-order valence-electron chi connectivity index (χ3n) is 4.59. The van der Waals surface area contributed by atoms with Gasteiger partial charge in [0.25, 0.3) is 0 Å². The normalized spacial score (nSPS) is 37.1. The van der Waals surface area contributed by atoms with E-state index in [4.69, 9.17) is 5.11 Å². The maximum absolute atomic E-state index is 9.34. The fraction of sp³-hybridized carbons (Fsp3) is 0.882. The Morgan fingerprint density at radius 1 is 0.750 bits per heavy atom. The Bertz CT molecular complexity index is 289.